The van der Waals surface area contributed by atoms with Crippen LogP contribution in [0.2, 0.25) is 0 Å². The second kappa shape index (κ2) is 9.94. The summed E-state index contributed by atoms with van der Waals surface area (Å²) in [4.78, 5) is 10.3. The lowest BCUT2D eigenvalue weighted by atomic mass is 10.0. The second-order valence-corrected chi connectivity index (χ2v) is 5.37. The van der Waals surface area contributed by atoms with Gasteiger partial charge in [0, 0.05) is 0 Å². The molecule has 0 aromatic carbocycles. The van der Waals surface area contributed by atoms with Gasteiger partial charge in [-0.1, -0.05) is 68.3 Å². The Kier molecular flexibility index (Phi) is 9.78. The largest absolute Gasteiger partial charge is 0.465 e. The molecule has 0 aliphatic carbocycles. The Morgan fingerprint density at radius 2 is 1.81 bits per heavy atom. The van der Waals surface area contributed by atoms with Crippen molar-refractivity contribution in [3.8, 4) is 0 Å². The standard InChI is InChI=1S/C12H24BrNO2/c1-3-4-5-6-7-8-9-10(2)11(13)14-12(15)16/h10-11,14H,3-9H2,1-2H3,(H,15,16). The van der Waals surface area contributed by atoms with E-state index in [1.54, 1.807) is 0 Å². The van der Waals surface area contributed by atoms with Gasteiger partial charge in [-0.25, -0.2) is 4.79 Å². The molecule has 0 aromatic rings. The van der Waals surface area contributed by atoms with Gasteiger partial charge in [-0.15, -0.1) is 0 Å². The second-order valence-electron chi connectivity index (χ2n) is 4.38. The number of carboxylic acid groups (broad SMARTS) is 1. The number of alkyl halides is 1. The molecule has 0 aliphatic rings. The van der Waals surface area contributed by atoms with Crippen molar-refractivity contribution in [2.45, 2.75) is 63.7 Å². The van der Waals surface area contributed by atoms with Crippen LogP contribution >= 0.6 is 15.9 Å². The smallest absolute Gasteiger partial charge is 0.405 e. The maximum Gasteiger partial charge on any atom is 0.405 e. The van der Waals surface area contributed by atoms with Gasteiger partial charge in [-0.3, -0.25) is 0 Å². The van der Waals surface area contributed by atoms with E-state index in [4.69, 9.17) is 5.11 Å². The quantitative estimate of drug-likeness (QED) is 0.377. The number of rotatable bonds is 9. The van der Waals surface area contributed by atoms with E-state index in [9.17, 15) is 4.79 Å². The van der Waals surface area contributed by atoms with Crippen LogP contribution in [0.4, 0.5) is 4.79 Å². The zero-order chi connectivity index (χ0) is 12.4. The summed E-state index contributed by atoms with van der Waals surface area (Å²) in [5, 5.41) is 11.0. The fraction of sp³-hybridized carbons (Fsp3) is 0.917. The van der Waals surface area contributed by atoms with E-state index in [0.29, 0.717) is 5.92 Å². The number of nitrogens with one attached hydrogen (secondary N) is 1. The fourth-order valence-electron chi connectivity index (χ4n) is 1.65. The molecule has 0 radical (unpaired) electrons. The van der Waals surface area contributed by atoms with Crippen LogP contribution < -0.4 is 5.32 Å². The molecule has 0 fully saturated rings. The lowest BCUT2D eigenvalue weighted by Crippen LogP contribution is -2.33. The first-order valence-corrected chi connectivity index (χ1v) is 7.13. The van der Waals surface area contributed by atoms with Crippen molar-refractivity contribution in [3.05, 3.63) is 0 Å². The zero-order valence-electron chi connectivity index (χ0n) is 10.3. The first-order valence-electron chi connectivity index (χ1n) is 6.21. The third kappa shape index (κ3) is 9.01. The highest BCUT2D eigenvalue weighted by molar-refractivity contribution is 9.09. The Labute approximate surface area is 107 Å². The summed E-state index contributed by atoms with van der Waals surface area (Å²) < 4.78 is 0. The summed E-state index contributed by atoms with van der Waals surface area (Å²) in [7, 11) is 0. The number of unbranched alkanes of at least 4 members (excludes halogenated alkanes) is 5. The molecule has 0 saturated heterocycles. The van der Waals surface area contributed by atoms with Gasteiger partial charge in [-0.2, -0.15) is 0 Å². The summed E-state index contributed by atoms with van der Waals surface area (Å²) in [6.07, 6.45) is 7.81. The third-order valence-corrected chi connectivity index (χ3v) is 3.91. The fourth-order valence-corrected chi connectivity index (χ4v) is 2.11. The maximum absolute atomic E-state index is 10.4. The minimum Gasteiger partial charge on any atom is -0.465 e. The van der Waals surface area contributed by atoms with E-state index in [1.165, 1.54) is 38.5 Å². The Morgan fingerprint density at radius 3 is 2.38 bits per heavy atom. The molecule has 96 valence electrons. The molecule has 1 amide bonds. The molecular weight excluding hydrogens is 270 g/mol. The highest BCUT2D eigenvalue weighted by Crippen LogP contribution is 2.18. The Hall–Kier alpha value is -0.250. The van der Waals surface area contributed by atoms with Crippen LogP contribution in [0, 0.1) is 5.92 Å². The molecule has 0 rings (SSSR count). The number of halogens is 1. The molecule has 0 heterocycles. The molecule has 0 saturated carbocycles. The first-order chi connectivity index (χ1) is 7.57. The van der Waals surface area contributed by atoms with Crippen LogP contribution in [0.1, 0.15) is 58.8 Å². The number of hydrogen-bond donors (Lipinski definition) is 2. The summed E-state index contributed by atoms with van der Waals surface area (Å²) in [5.74, 6) is 0.349. The summed E-state index contributed by atoms with van der Waals surface area (Å²) in [6, 6.07) is 0. The molecule has 0 bridgehead atoms. The van der Waals surface area contributed by atoms with E-state index in [-0.39, 0.29) is 4.95 Å². The van der Waals surface area contributed by atoms with Crippen LogP contribution in [0.3, 0.4) is 0 Å². The number of amides is 1. The van der Waals surface area contributed by atoms with Crippen LogP contribution in [0.5, 0.6) is 0 Å². The molecule has 2 N–H and O–H groups in total. The van der Waals surface area contributed by atoms with E-state index < -0.39 is 6.09 Å². The van der Waals surface area contributed by atoms with Crippen molar-refractivity contribution in [1.29, 1.82) is 0 Å². The van der Waals surface area contributed by atoms with Crippen molar-refractivity contribution < 1.29 is 9.90 Å². The normalized spacial score (nSPS) is 14.4. The lowest BCUT2D eigenvalue weighted by Gasteiger charge is -2.17. The van der Waals surface area contributed by atoms with Crippen LogP contribution in [0.15, 0.2) is 0 Å². The lowest BCUT2D eigenvalue weighted by molar-refractivity contribution is 0.191. The molecule has 3 nitrogen and oxygen atoms in total. The van der Waals surface area contributed by atoms with Gasteiger partial charge < -0.3 is 10.4 Å². The monoisotopic (exact) mass is 293 g/mol. The SMILES string of the molecule is CCCCCCCCC(C)C(Br)NC(=O)O. The van der Waals surface area contributed by atoms with Crippen LogP contribution in [-0.2, 0) is 0 Å². The van der Waals surface area contributed by atoms with Crippen molar-refractivity contribution in [1.82, 2.24) is 5.32 Å². The van der Waals surface area contributed by atoms with Crippen LogP contribution in [0.25, 0.3) is 0 Å². The highest BCUT2D eigenvalue weighted by Gasteiger charge is 2.14. The molecule has 16 heavy (non-hydrogen) atoms. The van der Waals surface area contributed by atoms with Gasteiger partial charge in [0.25, 0.3) is 0 Å². The van der Waals surface area contributed by atoms with Crippen molar-refractivity contribution in [3.63, 3.8) is 0 Å². The minimum absolute atomic E-state index is 0.124. The molecule has 4 heteroatoms. The summed E-state index contributed by atoms with van der Waals surface area (Å²) in [5.41, 5.74) is 0. The average Bonchev–Trinajstić information content (AvgIpc) is 2.21. The number of hydrogen-bond acceptors (Lipinski definition) is 1. The topological polar surface area (TPSA) is 49.3 Å². The zero-order valence-corrected chi connectivity index (χ0v) is 11.9. The predicted octanol–water partition coefficient (Wildman–Crippen LogP) is 4.36. The summed E-state index contributed by atoms with van der Waals surface area (Å²) >= 11 is 3.35. The van der Waals surface area contributed by atoms with E-state index in [2.05, 4.69) is 35.1 Å². The van der Waals surface area contributed by atoms with Gasteiger partial charge in [0.15, 0.2) is 0 Å². The van der Waals surface area contributed by atoms with Crippen LogP contribution in [-0.4, -0.2) is 16.2 Å². The average molecular weight is 294 g/mol. The Bertz CT molecular complexity index is 188. The molecule has 2 atom stereocenters. The predicted molar refractivity (Wildman–Crippen MR) is 71.0 cm³/mol. The molecule has 0 aliphatic heterocycles. The molecular formula is C12H24BrNO2. The molecule has 0 spiro atoms. The molecule has 2 unspecified atom stereocenters. The molecule has 0 aromatic heterocycles. The van der Waals surface area contributed by atoms with Gasteiger partial charge >= 0.3 is 6.09 Å². The van der Waals surface area contributed by atoms with Gasteiger partial charge in [-0.05, 0) is 12.3 Å². The van der Waals surface area contributed by atoms with Gasteiger partial charge in [0.1, 0.15) is 0 Å². The van der Waals surface area contributed by atoms with Gasteiger partial charge in [0.2, 0.25) is 0 Å². The van der Waals surface area contributed by atoms with Crippen molar-refractivity contribution in [2.75, 3.05) is 0 Å². The minimum atomic E-state index is -0.961. The van der Waals surface area contributed by atoms with Crippen molar-refractivity contribution >= 4 is 22.0 Å². The highest BCUT2D eigenvalue weighted by atomic mass is 79.9. The van der Waals surface area contributed by atoms with E-state index in [0.717, 1.165) is 6.42 Å². The maximum atomic E-state index is 10.4. The Balaban J connectivity index is 3.42. The first kappa shape index (κ1) is 15.8. The van der Waals surface area contributed by atoms with Crippen molar-refractivity contribution in [2.24, 2.45) is 5.92 Å². The Morgan fingerprint density at radius 1 is 1.25 bits per heavy atom. The third-order valence-electron chi connectivity index (χ3n) is 2.77. The van der Waals surface area contributed by atoms with E-state index in [1.807, 2.05) is 0 Å². The van der Waals surface area contributed by atoms with E-state index >= 15 is 0 Å². The number of carbonyl (C=O) groups is 1. The summed E-state index contributed by atoms with van der Waals surface area (Å²) in [6.45, 7) is 4.29. The van der Waals surface area contributed by atoms with Gasteiger partial charge in [0.05, 0.1) is 4.95 Å².